The summed E-state index contributed by atoms with van der Waals surface area (Å²) in [6.07, 6.45) is -1.22. The van der Waals surface area contributed by atoms with E-state index < -0.39 is 29.6 Å². The number of carbonyl (C=O) groups is 2. The van der Waals surface area contributed by atoms with Crippen molar-refractivity contribution in [1.82, 2.24) is 20.1 Å². The first-order valence-electron chi connectivity index (χ1n) is 12.3. The predicted molar refractivity (Wildman–Crippen MR) is 156 cm³/mol. The summed E-state index contributed by atoms with van der Waals surface area (Å²) in [5, 5.41) is 8.06. The van der Waals surface area contributed by atoms with Crippen molar-refractivity contribution < 1.29 is 22.8 Å². The summed E-state index contributed by atoms with van der Waals surface area (Å²) in [5.41, 5.74) is 7.81. The van der Waals surface area contributed by atoms with E-state index in [2.05, 4.69) is 10.3 Å². The van der Waals surface area contributed by atoms with Gasteiger partial charge >= 0.3 is 6.18 Å². The molecule has 0 fully saturated rings. The highest BCUT2D eigenvalue weighted by Crippen LogP contribution is 2.35. The van der Waals surface area contributed by atoms with Crippen molar-refractivity contribution in [3.05, 3.63) is 111 Å². The first-order chi connectivity index (χ1) is 20.0. The maximum atomic E-state index is 13.1. The number of primary amides is 1. The molecule has 0 spiro atoms. The number of amides is 2. The molecule has 0 saturated carbocycles. The van der Waals surface area contributed by atoms with E-state index in [0.29, 0.717) is 37.6 Å². The number of nitrogens with two attached hydrogens (primary N) is 1. The van der Waals surface area contributed by atoms with Gasteiger partial charge in [-0.1, -0.05) is 35.3 Å². The molecule has 0 unspecified atom stereocenters. The van der Waals surface area contributed by atoms with Crippen LogP contribution in [0.25, 0.3) is 27.5 Å². The highest BCUT2D eigenvalue weighted by Gasteiger charge is 2.30. The summed E-state index contributed by atoms with van der Waals surface area (Å²) in [6, 6.07) is 17.1. The monoisotopic (exact) mass is 629 g/mol. The lowest BCUT2D eigenvalue weighted by Gasteiger charge is -2.15. The number of aromatic nitrogens is 3. The van der Waals surface area contributed by atoms with Gasteiger partial charge in [0.15, 0.2) is 0 Å². The molecule has 2 amide bonds. The SMILES string of the molecule is NC(=O)[C@H](Cc1ccc(C(F)(F)F)cc1)NC(=O)c1ccc(-c2cc(-c3cccnc3)nn2-c2ccc(Cl)c(Cl)c2)s1. The van der Waals surface area contributed by atoms with Crippen LogP contribution < -0.4 is 11.1 Å². The van der Waals surface area contributed by atoms with Crippen LogP contribution >= 0.6 is 34.5 Å². The van der Waals surface area contributed by atoms with Crippen molar-refractivity contribution in [3.8, 4) is 27.5 Å². The number of nitrogens with one attached hydrogen (secondary N) is 1. The molecule has 42 heavy (non-hydrogen) atoms. The molecule has 214 valence electrons. The molecule has 13 heteroatoms. The lowest BCUT2D eigenvalue weighted by Crippen LogP contribution is -2.45. The number of hydrogen-bond acceptors (Lipinski definition) is 5. The summed E-state index contributed by atoms with van der Waals surface area (Å²) in [6.45, 7) is 0. The smallest absolute Gasteiger partial charge is 0.368 e. The highest BCUT2D eigenvalue weighted by atomic mass is 35.5. The van der Waals surface area contributed by atoms with Crippen LogP contribution in [-0.4, -0.2) is 32.6 Å². The average Bonchev–Trinajstić information content (AvgIpc) is 3.62. The molecule has 0 aliphatic heterocycles. The number of halogens is 5. The molecular weight excluding hydrogens is 610 g/mol. The third-order valence-electron chi connectivity index (χ3n) is 6.27. The topological polar surface area (TPSA) is 103 Å². The van der Waals surface area contributed by atoms with Gasteiger partial charge in [-0.3, -0.25) is 14.6 Å². The Kier molecular flexibility index (Phi) is 8.35. The van der Waals surface area contributed by atoms with E-state index in [4.69, 9.17) is 34.0 Å². The van der Waals surface area contributed by atoms with Crippen LogP contribution in [0, 0.1) is 0 Å². The summed E-state index contributed by atoms with van der Waals surface area (Å²) >= 11 is 13.5. The fourth-order valence-corrected chi connectivity index (χ4v) is 5.34. The third kappa shape index (κ3) is 6.48. The molecule has 0 saturated heterocycles. The lowest BCUT2D eigenvalue weighted by molar-refractivity contribution is -0.137. The van der Waals surface area contributed by atoms with Gasteiger partial charge in [-0.05, 0) is 66.2 Å². The second-order valence-corrected chi connectivity index (χ2v) is 11.1. The van der Waals surface area contributed by atoms with E-state index in [1.165, 1.54) is 12.1 Å². The van der Waals surface area contributed by atoms with E-state index in [0.717, 1.165) is 29.0 Å². The molecule has 3 N–H and O–H groups in total. The molecule has 3 aromatic heterocycles. The zero-order valence-corrected chi connectivity index (χ0v) is 23.7. The summed E-state index contributed by atoms with van der Waals surface area (Å²) in [7, 11) is 0. The van der Waals surface area contributed by atoms with Crippen molar-refractivity contribution in [1.29, 1.82) is 0 Å². The Hall–Kier alpha value is -4.19. The standard InChI is InChI=1S/C29H20Cl2F3N5O2S/c30-20-8-7-19(13-21(20)31)39-24(14-22(38-39)17-2-1-11-36-15-17)25-9-10-26(42-25)28(41)37-23(27(35)40)12-16-3-5-18(6-4-16)29(32,33)34/h1-11,13-15,23H,12H2,(H2,35,40)(H,37,41)/t23-/m0/s1. The van der Waals surface area contributed by atoms with Gasteiger partial charge in [0.2, 0.25) is 5.91 Å². The van der Waals surface area contributed by atoms with Gasteiger partial charge in [-0.25, -0.2) is 4.68 Å². The molecule has 0 aliphatic rings. The fourth-order valence-electron chi connectivity index (χ4n) is 4.14. The lowest BCUT2D eigenvalue weighted by atomic mass is 10.0. The molecule has 0 bridgehead atoms. The Morgan fingerprint density at radius 2 is 1.76 bits per heavy atom. The van der Waals surface area contributed by atoms with Crippen molar-refractivity contribution in [2.24, 2.45) is 5.73 Å². The third-order valence-corrected chi connectivity index (χ3v) is 8.11. The van der Waals surface area contributed by atoms with Crippen LogP contribution in [-0.2, 0) is 17.4 Å². The van der Waals surface area contributed by atoms with Crippen molar-refractivity contribution in [2.75, 3.05) is 0 Å². The highest BCUT2D eigenvalue weighted by molar-refractivity contribution is 7.17. The summed E-state index contributed by atoms with van der Waals surface area (Å²) in [4.78, 5) is 30.4. The molecule has 5 rings (SSSR count). The van der Waals surface area contributed by atoms with Gasteiger partial charge in [-0.2, -0.15) is 18.3 Å². The number of hydrogen-bond donors (Lipinski definition) is 2. The van der Waals surface area contributed by atoms with E-state index in [9.17, 15) is 22.8 Å². The van der Waals surface area contributed by atoms with Gasteiger partial charge in [0, 0.05) is 24.4 Å². The van der Waals surface area contributed by atoms with Crippen LogP contribution in [0.15, 0.2) is 85.2 Å². The van der Waals surface area contributed by atoms with Gasteiger partial charge in [0.05, 0.1) is 42.4 Å². The first-order valence-corrected chi connectivity index (χ1v) is 13.9. The molecule has 1 atom stereocenters. The summed E-state index contributed by atoms with van der Waals surface area (Å²) < 4.78 is 40.3. The summed E-state index contributed by atoms with van der Waals surface area (Å²) in [5.74, 6) is -1.38. The largest absolute Gasteiger partial charge is 0.416 e. The minimum atomic E-state index is -4.49. The number of pyridine rings is 1. The normalized spacial score (nSPS) is 12.2. The maximum absolute atomic E-state index is 13.1. The fraction of sp³-hybridized carbons (Fsp3) is 0.103. The molecular formula is C29H20Cl2F3N5O2S. The quantitative estimate of drug-likeness (QED) is 0.197. The Bertz CT molecular complexity index is 1760. The number of alkyl halides is 3. The van der Waals surface area contributed by atoms with E-state index in [-0.39, 0.29) is 11.3 Å². The van der Waals surface area contributed by atoms with E-state index >= 15 is 0 Å². The Morgan fingerprint density at radius 3 is 2.40 bits per heavy atom. The Labute approximate surface area is 251 Å². The van der Waals surface area contributed by atoms with Crippen LogP contribution in [0.5, 0.6) is 0 Å². The minimum absolute atomic E-state index is 0.0734. The van der Waals surface area contributed by atoms with Crippen LogP contribution in [0.4, 0.5) is 13.2 Å². The minimum Gasteiger partial charge on any atom is -0.368 e. The second-order valence-electron chi connectivity index (χ2n) is 9.16. The van der Waals surface area contributed by atoms with Gasteiger partial charge in [0.1, 0.15) is 6.04 Å². The number of rotatable bonds is 8. The van der Waals surface area contributed by atoms with Gasteiger partial charge < -0.3 is 11.1 Å². The molecule has 2 aromatic carbocycles. The first kappa shape index (κ1) is 29.3. The zero-order chi connectivity index (χ0) is 30.0. The van der Waals surface area contributed by atoms with Crippen molar-refractivity contribution in [3.63, 3.8) is 0 Å². The van der Waals surface area contributed by atoms with Crippen molar-refractivity contribution in [2.45, 2.75) is 18.6 Å². The van der Waals surface area contributed by atoms with Crippen LogP contribution in [0.1, 0.15) is 20.8 Å². The number of benzene rings is 2. The van der Waals surface area contributed by atoms with Gasteiger partial charge in [0.25, 0.3) is 5.91 Å². The van der Waals surface area contributed by atoms with E-state index in [1.54, 1.807) is 53.5 Å². The van der Waals surface area contributed by atoms with E-state index in [1.807, 2.05) is 12.1 Å². The number of thiophene rings is 1. The molecule has 7 nitrogen and oxygen atoms in total. The van der Waals surface area contributed by atoms with Crippen LogP contribution in [0.2, 0.25) is 10.0 Å². The van der Waals surface area contributed by atoms with Gasteiger partial charge in [-0.15, -0.1) is 11.3 Å². The molecule has 0 aliphatic carbocycles. The van der Waals surface area contributed by atoms with Crippen molar-refractivity contribution >= 4 is 46.4 Å². The zero-order valence-electron chi connectivity index (χ0n) is 21.4. The molecule has 5 aromatic rings. The molecule has 0 radical (unpaired) electrons. The Morgan fingerprint density at radius 1 is 1.00 bits per heavy atom. The second kappa shape index (κ2) is 12.0. The average molecular weight is 630 g/mol. The number of nitrogens with zero attached hydrogens (tertiary/aromatic N) is 3. The van der Waals surface area contributed by atoms with Crippen LogP contribution in [0.3, 0.4) is 0 Å². The Balaban J connectivity index is 1.41. The number of carbonyl (C=O) groups excluding carboxylic acids is 2. The predicted octanol–water partition coefficient (Wildman–Crippen LogP) is 6.81. The molecule has 3 heterocycles. The maximum Gasteiger partial charge on any atom is 0.416 e.